The van der Waals surface area contributed by atoms with Gasteiger partial charge in [-0.1, -0.05) is 30.3 Å². The van der Waals surface area contributed by atoms with Crippen molar-refractivity contribution in [1.29, 1.82) is 0 Å². The molecule has 5 nitrogen and oxygen atoms in total. The van der Waals surface area contributed by atoms with Crippen molar-refractivity contribution in [3.05, 3.63) is 82.0 Å². The highest BCUT2D eigenvalue weighted by atomic mass is 16.5. The third-order valence-corrected chi connectivity index (χ3v) is 6.25. The standard InChI is InChI=1S/C26H24N2O3/c1-17-13-14-23(31-2)25-18(17)10-7-15-27(25)24(29)16-28-21-11-5-3-8-19(21)26(30)20-9-4-6-12-22(20)28/h3-6,8-9,11-14H,7,10,15-16H2,1-2H3. The summed E-state index contributed by atoms with van der Waals surface area (Å²) in [5.74, 6) is 0.715. The van der Waals surface area contributed by atoms with Gasteiger partial charge in [0, 0.05) is 17.3 Å². The van der Waals surface area contributed by atoms with Crippen LogP contribution in [0.1, 0.15) is 17.5 Å². The van der Waals surface area contributed by atoms with Crippen molar-refractivity contribution in [2.45, 2.75) is 26.3 Å². The smallest absolute Gasteiger partial charge is 0.247 e. The maximum atomic E-state index is 13.7. The molecule has 4 aromatic rings. The molecule has 5 rings (SSSR count). The van der Waals surface area contributed by atoms with Crippen LogP contribution in [0.4, 0.5) is 5.69 Å². The molecule has 5 heteroatoms. The Balaban J connectivity index is 1.66. The first kappa shape index (κ1) is 19.4. The van der Waals surface area contributed by atoms with Gasteiger partial charge < -0.3 is 14.2 Å². The first-order valence-corrected chi connectivity index (χ1v) is 10.6. The quantitative estimate of drug-likeness (QED) is 0.467. The number of hydrogen-bond donors (Lipinski definition) is 0. The van der Waals surface area contributed by atoms with Crippen molar-refractivity contribution >= 4 is 33.4 Å². The Morgan fingerprint density at radius 2 is 1.61 bits per heavy atom. The maximum Gasteiger partial charge on any atom is 0.247 e. The number of aromatic nitrogens is 1. The van der Waals surface area contributed by atoms with Crippen molar-refractivity contribution in [2.75, 3.05) is 18.6 Å². The van der Waals surface area contributed by atoms with Crippen LogP contribution in [-0.4, -0.2) is 24.1 Å². The van der Waals surface area contributed by atoms with Crippen LogP contribution in [0.25, 0.3) is 21.8 Å². The Hall–Kier alpha value is -3.60. The molecular formula is C26H24N2O3. The number of methoxy groups -OCH3 is 1. The molecule has 0 spiro atoms. The number of pyridine rings is 1. The molecule has 1 aliphatic heterocycles. The number of aryl methyl sites for hydroxylation is 1. The van der Waals surface area contributed by atoms with Crippen LogP contribution in [0.2, 0.25) is 0 Å². The monoisotopic (exact) mass is 412 g/mol. The van der Waals surface area contributed by atoms with Crippen molar-refractivity contribution in [2.24, 2.45) is 0 Å². The third kappa shape index (κ3) is 3.08. The van der Waals surface area contributed by atoms with E-state index in [9.17, 15) is 9.59 Å². The number of para-hydroxylation sites is 2. The number of fused-ring (bicyclic) bond motifs is 3. The summed E-state index contributed by atoms with van der Waals surface area (Å²) in [5, 5.41) is 1.25. The molecule has 156 valence electrons. The van der Waals surface area contributed by atoms with E-state index in [2.05, 4.69) is 6.92 Å². The second-order valence-corrected chi connectivity index (χ2v) is 8.01. The van der Waals surface area contributed by atoms with Gasteiger partial charge in [0.15, 0.2) is 5.43 Å². The van der Waals surface area contributed by atoms with E-state index in [0.717, 1.165) is 35.3 Å². The number of anilines is 1. The molecule has 0 saturated heterocycles. The van der Waals surface area contributed by atoms with Crippen molar-refractivity contribution in [3.8, 4) is 5.75 Å². The van der Waals surface area contributed by atoms with Crippen LogP contribution in [0.15, 0.2) is 65.5 Å². The summed E-state index contributed by atoms with van der Waals surface area (Å²) in [7, 11) is 1.64. The van der Waals surface area contributed by atoms with Gasteiger partial charge in [0.1, 0.15) is 12.3 Å². The summed E-state index contributed by atoms with van der Waals surface area (Å²) in [6, 6.07) is 19.0. The van der Waals surface area contributed by atoms with Crippen LogP contribution in [-0.2, 0) is 17.8 Å². The third-order valence-electron chi connectivity index (χ3n) is 6.25. The zero-order valence-electron chi connectivity index (χ0n) is 17.7. The zero-order chi connectivity index (χ0) is 21.5. The lowest BCUT2D eigenvalue weighted by Crippen LogP contribution is -2.38. The molecule has 1 aromatic heterocycles. The fourth-order valence-corrected chi connectivity index (χ4v) is 4.73. The summed E-state index contributed by atoms with van der Waals surface area (Å²) in [6.45, 7) is 2.88. The van der Waals surface area contributed by atoms with Crippen LogP contribution < -0.4 is 15.1 Å². The van der Waals surface area contributed by atoms with E-state index < -0.39 is 0 Å². The molecule has 2 heterocycles. The maximum absolute atomic E-state index is 13.7. The number of hydrogen-bond acceptors (Lipinski definition) is 3. The average Bonchev–Trinajstić information content (AvgIpc) is 2.82. The highest BCUT2D eigenvalue weighted by Gasteiger charge is 2.27. The summed E-state index contributed by atoms with van der Waals surface area (Å²) in [5.41, 5.74) is 4.77. The van der Waals surface area contributed by atoms with E-state index in [1.165, 1.54) is 11.1 Å². The van der Waals surface area contributed by atoms with Gasteiger partial charge >= 0.3 is 0 Å². The lowest BCUT2D eigenvalue weighted by atomic mass is 9.96. The van der Waals surface area contributed by atoms with Crippen LogP contribution in [0, 0.1) is 6.92 Å². The molecule has 1 aliphatic rings. The van der Waals surface area contributed by atoms with Gasteiger partial charge in [0.2, 0.25) is 5.91 Å². The zero-order valence-corrected chi connectivity index (χ0v) is 17.7. The fraction of sp³-hybridized carbons (Fsp3) is 0.231. The van der Waals surface area contributed by atoms with E-state index in [0.29, 0.717) is 17.3 Å². The van der Waals surface area contributed by atoms with Gasteiger partial charge in [0.05, 0.1) is 23.8 Å². The predicted octanol–water partition coefficient (Wildman–Crippen LogP) is 4.45. The first-order valence-electron chi connectivity index (χ1n) is 10.6. The highest BCUT2D eigenvalue weighted by molar-refractivity contribution is 5.99. The van der Waals surface area contributed by atoms with E-state index >= 15 is 0 Å². The van der Waals surface area contributed by atoms with Crippen LogP contribution >= 0.6 is 0 Å². The molecule has 0 atom stereocenters. The Morgan fingerprint density at radius 3 is 2.26 bits per heavy atom. The van der Waals surface area contributed by atoms with Crippen molar-refractivity contribution in [1.82, 2.24) is 4.57 Å². The molecule has 0 fully saturated rings. The molecule has 1 amide bonds. The van der Waals surface area contributed by atoms with Crippen LogP contribution in [0.3, 0.4) is 0 Å². The SMILES string of the molecule is COc1ccc(C)c2c1N(C(=O)Cn1c3ccccc3c(=O)c3ccccc31)CCC2. The van der Waals surface area contributed by atoms with E-state index in [1.54, 1.807) is 7.11 Å². The first-order chi connectivity index (χ1) is 15.1. The highest BCUT2D eigenvalue weighted by Crippen LogP contribution is 2.38. The summed E-state index contributed by atoms with van der Waals surface area (Å²) < 4.78 is 7.58. The summed E-state index contributed by atoms with van der Waals surface area (Å²) in [4.78, 5) is 28.5. The van der Waals surface area contributed by atoms with Gasteiger partial charge in [-0.25, -0.2) is 0 Å². The minimum Gasteiger partial charge on any atom is -0.495 e. The number of amides is 1. The number of rotatable bonds is 3. The van der Waals surface area contributed by atoms with E-state index in [-0.39, 0.29) is 17.9 Å². The Labute approximate surface area is 180 Å². The summed E-state index contributed by atoms with van der Waals surface area (Å²) in [6.07, 6.45) is 1.85. The van der Waals surface area contributed by atoms with Crippen molar-refractivity contribution in [3.63, 3.8) is 0 Å². The molecular weight excluding hydrogens is 388 g/mol. The minimum absolute atomic E-state index is 0.00416. The lowest BCUT2D eigenvalue weighted by molar-refractivity contribution is -0.119. The van der Waals surface area contributed by atoms with E-state index in [1.807, 2.05) is 70.1 Å². The molecule has 0 saturated carbocycles. The Morgan fingerprint density at radius 1 is 0.968 bits per heavy atom. The van der Waals surface area contributed by atoms with Gasteiger partial charge in [-0.05, 0) is 61.2 Å². The normalized spacial score (nSPS) is 13.4. The second kappa shape index (κ2) is 7.58. The van der Waals surface area contributed by atoms with Gasteiger partial charge in [-0.3, -0.25) is 9.59 Å². The molecule has 0 N–H and O–H groups in total. The number of ether oxygens (including phenoxy) is 1. The number of carbonyl (C=O) groups excluding carboxylic acids is 1. The van der Waals surface area contributed by atoms with Gasteiger partial charge in [-0.2, -0.15) is 0 Å². The lowest BCUT2D eigenvalue weighted by Gasteiger charge is -2.32. The molecule has 3 aromatic carbocycles. The van der Waals surface area contributed by atoms with Crippen molar-refractivity contribution < 1.29 is 9.53 Å². The van der Waals surface area contributed by atoms with E-state index in [4.69, 9.17) is 4.74 Å². The molecule has 0 radical (unpaired) electrons. The minimum atomic E-state index is -0.0104. The molecule has 0 unspecified atom stereocenters. The van der Waals surface area contributed by atoms with Gasteiger partial charge in [-0.15, -0.1) is 0 Å². The molecule has 31 heavy (non-hydrogen) atoms. The van der Waals surface area contributed by atoms with Crippen LogP contribution in [0.5, 0.6) is 5.75 Å². The second-order valence-electron chi connectivity index (χ2n) is 8.01. The fourth-order valence-electron chi connectivity index (χ4n) is 4.73. The Bertz CT molecular complexity index is 1330. The van der Waals surface area contributed by atoms with Gasteiger partial charge in [0.25, 0.3) is 0 Å². The largest absolute Gasteiger partial charge is 0.495 e. The molecule has 0 bridgehead atoms. The summed E-state index contributed by atoms with van der Waals surface area (Å²) >= 11 is 0. The number of carbonyl (C=O) groups is 1. The average molecular weight is 412 g/mol. The number of benzene rings is 3. The predicted molar refractivity (Wildman–Crippen MR) is 124 cm³/mol. The topological polar surface area (TPSA) is 51.5 Å². The molecule has 0 aliphatic carbocycles. The Kier molecular flexibility index (Phi) is 4.74. The number of nitrogens with zero attached hydrogens (tertiary/aromatic N) is 2.